The molecule has 0 aliphatic carbocycles. The molecule has 130 valence electrons. The van der Waals surface area contributed by atoms with E-state index in [1.807, 2.05) is 0 Å². The molecule has 1 aliphatic heterocycles. The van der Waals surface area contributed by atoms with E-state index in [1.54, 1.807) is 18.5 Å². The Kier molecular flexibility index (Phi) is 4.42. The minimum Gasteiger partial charge on any atom is -0.507 e. The zero-order valence-corrected chi connectivity index (χ0v) is 15.7. The summed E-state index contributed by atoms with van der Waals surface area (Å²) in [5.74, 6) is 0.263. The Labute approximate surface area is 150 Å². The lowest BCUT2D eigenvalue weighted by Gasteiger charge is -2.41. The van der Waals surface area contributed by atoms with Crippen LogP contribution in [0.4, 0.5) is 0 Å². The summed E-state index contributed by atoms with van der Waals surface area (Å²) >= 11 is 0. The maximum Gasteiger partial charge on any atom is 0.126 e. The van der Waals surface area contributed by atoms with Crippen molar-refractivity contribution in [2.45, 2.75) is 39.7 Å². The van der Waals surface area contributed by atoms with E-state index in [0.717, 1.165) is 17.5 Å². The lowest BCUT2D eigenvalue weighted by atomic mass is 9.79. The lowest BCUT2D eigenvalue weighted by molar-refractivity contribution is 0.257. The normalized spacial score (nSPS) is 19.9. The van der Waals surface area contributed by atoms with Crippen molar-refractivity contribution in [3.63, 3.8) is 0 Å². The van der Waals surface area contributed by atoms with Crippen LogP contribution in [-0.4, -0.2) is 22.0 Å². The standard InChI is InChI=1S/C22H26N2O/c1-6-17-9-11-22(4,24(5)14-17)21-15(2)7-8-18(16(21)3)19-13-23-12-10-20(19)25/h7-14H,6H2,1-5H3,(H,23,25). The van der Waals surface area contributed by atoms with E-state index in [-0.39, 0.29) is 11.3 Å². The molecule has 0 saturated carbocycles. The van der Waals surface area contributed by atoms with Gasteiger partial charge in [-0.25, -0.2) is 0 Å². The second kappa shape index (κ2) is 6.40. The van der Waals surface area contributed by atoms with Crippen molar-refractivity contribution in [1.82, 2.24) is 9.88 Å². The van der Waals surface area contributed by atoms with Crippen LogP contribution in [0.2, 0.25) is 0 Å². The van der Waals surface area contributed by atoms with Gasteiger partial charge in [-0.05, 0) is 61.1 Å². The molecule has 3 rings (SSSR count). The van der Waals surface area contributed by atoms with E-state index in [9.17, 15) is 5.11 Å². The third kappa shape index (κ3) is 2.84. The number of hydrogen-bond acceptors (Lipinski definition) is 3. The molecule has 1 atom stereocenters. The molecule has 0 spiro atoms. The second-order valence-electron chi connectivity index (χ2n) is 6.97. The summed E-state index contributed by atoms with van der Waals surface area (Å²) in [6.45, 7) is 8.71. The summed E-state index contributed by atoms with van der Waals surface area (Å²) in [4.78, 5) is 6.47. The second-order valence-corrected chi connectivity index (χ2v) is 6.97. The van der Waals surface area contributed by atoms with Crippen LogP contribution in [0.1, 0.15) is 37.0 Å². The number of benzene rings is 1. The molecule has 1 aromatic carbocycles. The van der Waals surface area contributed by atoms with Crippen LogP contribution in [0, 0.1) is 13.8 Å². The molecule has 1 aromatic heterocycles. The first-order valence-corrected chi connectivity index (χ1v) is 8.75. The maximum atomic E-state index is 10.3. The van der Waals surface area contributed by atoms with Crippen LogP contribution < -0.4 is 0 Å². The number of nitrogens with zero attached hydrogens (tertiary/aromatic N) is 2. The van der Waals surface area contributed by atoms with Crippen LogP contribution in [0.3, 0.4) is 0 Å². The SMILES string of the molecule is CCC1=CN(C)C(C)(c2c(C)ccc(-c3cnccc3O)c2C)C=C1. The molecule has 0 amide bonds. The van der Waals surface area contributed by atoms with Crippen LogP contribution in [0.5, 0.6) is 5.75 Å². The fourth-order valence-electron chi connectivity index (χ4n) is 3.79. The first kappa shape index (κ1) is 17.3. The summed E-state index contributed by atoms with van der Waals surface area (Å²) < 4.78 is 0. The summed E-state index contributed by atoms with van der Waals surface area (Å²) in [7, 11) is 2.13. The van der Waals surface area contributed by atoms with Crippen molar-refractivity contribution in [2.24, 2.45) is 0 Å². The predicted octanol–water partition coefficient (Wildman–Crippen LogP) is 5.08. The van der Waals surface area contributed by atoms with Gasteiger partial charge in [-0.3, -0.25) is 4.98 Å². The van der Waals surface area contributed by atoms with E-state index in [1.165, 1.54) is 22.3 Å². The topological polar surface area (TPSA) is 36.4 Å². The number of rotatable bonds is 3. The molecule has 25 heavy (non-hydrogen) atoms. The number of aromatic hydroxyl groups is 1. The van der Waals surface area contributed by atoms with Gasteiger partial charge in [-0.1, -0.05) is 31.2 Å². The lowest BCUT2D eigenvalue weighted by Crippen LogP contribution is -2.39. The van der Waals surface area contributed by atoms with Gasteiger partial charge in [0, 0.05) is 31.2 Å². The quantitative estimate of drug-likeness (QED) is 0.850. The van der Waals surface area contributed by atoms with Gasteiger partial charge in [0.25, 0.3) is 0 Å². The van der Waals surface area contributed by atoms with Crippen molar-refractivity contribution >= 4 is 0 Å². The third-order valence-electron chi connectivity index (χ3n) is 5.39. The van der Waals surface area contributed by atoms with E-state index in [4.69, 9.17) is 0 Å². The van der Waals surface area contributed by atoms with Gasteiger partial charge in [-0.15, -0.1) is 0 Å². The molecule has 1 unspecified atom stereocenters. The largest absolute Gasteiger partial charge is 0.507 e. The summed E-state index contributed by atoms with van der Waals surface area (Å²) in [6, 6.07) is 5.85. The monoisotopic (exact) mass is 334 g/mol. The highest BCUT2D eigenvalue weighted by Crippen LogP contribution is 2.41. The van der Waals surface area contributed by atoms with Crippen LogP contribution in [-0.2, 0) is 5.54 Å². The molecule has 0 bridgehead atoms. The molecule has 3 nitrogen and oxygen atoms in total. The van der Waals surface area contributed by atoms with Crippen molar-refractivity contribution in [2.75, 3.05) is 7.05 Å². The van der Waals surface area contributed by atoms with Gasteiger partial charge < -0.3 is 10.0 Å². The van der Waals surface area contributed by atoms with Gasteiger partial charge in [0.05, 0.1) is 5.54 Å². The molecule has 1 N–H and O–H groups in total. The Balaban J connectivity index is 2.18. The Morgan fingerprint density at radius 2 is 1.92 bits per heavy atom. The molecular formula is C22H26N2O. The molecule has 2 aromatic rings. The number of allylic oxidation sites excluding steroid dienone is 2. The number of likely N-dealkylation sites (N-methyl/N-ethyl adjacent to an activating group) is 1. The molecule has 0 radical (unpaired) electrons. The van der Waals surface area contributed by atoms with Gasteiger partial charge in [-0.2, -0.15) is 0 Å². The zero-order valence-electron chi connectivity index (χ0n) is 15.7. The first-order valence-electron chi connectivity index (χ1n) is 8.75. The Morgan fingerprint density at radius 1 is 1.16 bits per heavy atom. The van der Waals surface area contributed by atoms with Crippen molar-refractivity contribution in [3.8, 4) is 16.9 Å². The molecule has 2 heterocycles. The minimum atomic E-state index is -0.222. The van der Waals surface area contributed by atoms with Crippen LogP contribution in [0.25, 0.3) is 11.1 Å². The van der Waals surface area contributed by atoms with E-state index < -0.39 is 0 Å². The first-order chi connectivity index (χ1) is 11.9. The van der Waals surface area contributed by atoms with Gasteiger partial charge >= 0.3 is 0 Å². The molecule has 1 aliphatic rings. The summed E-state index contributed by atoms with van der Waals surface area (Å²) in [5, 5.41) is 10.3. The zero-order chi connectivity index (χ0) is 18.2. The van der Waals surface area contributed by atoms with E-state index in [0.29, 0.717) is 0 Å². The Morgan fingerprint density at radius 3 is 2.56 bits per heavy atom. The van der Waals surface area contributed by atoms with Crippen molar-refractivity contribution in [1.29, 1.82) is 0 Å². The predicted molar refractivity (Wildman–Crippen MR) is 103 cm³/mol. The molecule has 0 saturated heterocycles. The fourth-order valence-corrected chi connectivity index (χ4v) is 3.79. The van der Waals surface area contributed by atoms with Crippen LogP contribution >= 0.6 is 0 Å². The highest BCUT2D eigenvalue weighted by molar-refractivity contribution is 5.74. The molecular weight excluding hydrogens is 308 g/mol. The minimum absolute atomic E-state index is 0.222. The Hall–Kier alpha value is -2.55. The van der Waals surface area contributed by atoms with Crippen molar-refractivity contribution < 1.29 is 5.11 Å². The van der Waals surface area contributed by atoms with Gasteiger partial charge in [0.1, 0.15) is 5.75 Å². The number of pyridine rings is 1. The maximum absolute atomic E-state index is 10.3. The summed E-state index contributed by atoms with van der Waals surface area (Å²) in [6.07, 6.45) is 11.1. The van der Waals surface area contributed by atoms with E-state index >= 15 is 0 Å². The number of aryl methyl sites for hydroxylation is 1. The molecule has 3 heteroatoms. The van der Waals surface area contributed by atoms with E-state index in [2.05, 4.69) is 75.1 Å². The van der Waals surface area contributed by atoms with Gasteiger partial charge in [0.2, 0.25) is 0 Å². The third-order valence-corrected chi connectivity index (χ3v) is 5.39. The summed E-state index contributed by atoms with van der Waals surface area (Å²) in [5.41, 5.74) is 6.61. The highest BCUT2D eigenvalue weighted by atomic mass is 16.3. The Bertz CT molecular complexity index is 866. The highest BCUT2D eigenvalue weighted by Gasteiger charge is 2.33. The number of aromatic nitrogens is 1. The van der Waals surface area contributed by atoms with Crippen molar-refractivity contribution in [3.05, 3.63) is 71.2 Å². The fraction of sp³-hybridized carbons (Fsp3) is 0.318. The van der Waals surface area contributed by atoms with Crippen LogP contribution in [0.15, 0.2) is 54.5 Å². The molecule has 0 fully saturated rings. The smallest absolute Gasteiger partial charge is 0.126 e. The average molecular weight is 334 g/mol. The average Bonchev–Trinajstić information content (AvgIpc) is 2.59. The van der Waals surface area contributed by atoms with Gasteiger partial charge in [0.15, 0.2) is 0 Å². The number of hydrogen-bond donors (Lipinski definition) is 1.